The summed E-state index contributed by atoms with van der Waals surface area (Å²) in [5.41, 5.74) is 0.977. The Morgan fingerprint density at radius 1 is 1.07 bits per heavy atom. The molecule has 152 valence electrons. The van der Waals surface area contributed by atoms with Gasteiger partial charge in [-0.25, -0.2) is 0 Å². The Labute approximate surface area is 175 Å². The van der Waals surface area contributed by atoms with Gasteiger partial charge in [-0.05, 0) is 29.8 Å². The number of carbonyl (C=O) groups excluding carboxylic acids is 1. The molecule has 1 fully saturated rings. The van der Waals surface area contributed by atoms with Crippen molar-refractivity contribution in [3.8, 4) is 11.5 Å². The molecule has 0 spiro atoms. The van der Waals surface area contributed by atoms with Crippen molar-refractivity contribution in [2.75, 3.05) is 46.9 Å². The van der Waals surface area contributed by atoms with Crippen LogP contribution in [0.15, 0.2) is 30.3 Å². The molecule has 1 saturated heterocycles. The van der Waals surface area contributed by atoms with E-state index < -0.39 is 0 Å². The van der Waals surface area contributed by atoms with Crippen LogP contribution in [0.2, 0.25) is 4.34 Å². The van der Waals surface area contributed by atoms with E-state index in [1.54, 1.807) is 25.6 Å². The molecule has 1 aliphatic rings. The number of hydrogen-bond acceptors (Lipinski definition) is 6. The Morgan fingerprint density at radius 3 is 2.43 bits per heavy atom. The Kier molecular flexibility index (Phi) is 7.56. The molecule has 0 bridgehead atoms. The van der Waals surface area contributed by atoms with Crippen molar-refractivity contribution >= 4 is 28.8 Å². The second kappa shape index (κ2) is 10.1. The van der Waals surface area contributed by atoms with Gasteiger partial charge in [0, 0.05) is 44.1 Å². The summed E-state index contributed by atoms with van der Waals surface area (Å²) in [4.78, 5) is 18.2. The van der Waals surface area contributed by atoms with Crippen LogP contribution in [0.4, 0.5) is 0 Å². The highest BCUT2D eigenvalue weighted by Crippen LogP contribution is 2.27. The molecule has 6 nitrogen and oxygen atoms in total. The number of halogens is 1. The van der Waals surface area contributed by atoms with E-state index in [4.69, 9.17) is 21.1 Å². The van der Waals surface area contributed by atoms with Crippen molar-refractivity contribution in [1.82, 2.24) is 15.1 Å². The third-order valence-corrected chi connectivity index (χ3v) is 5.99. The molecule has 2 aromatic rings. The van der Waals surface area contributed by atoms with Crippen LogP contribution in [0.25, 0.3) is 0 Å². The van der Waals surface area contributed by atoms with Crippen molar-refractivity contribution in [3.05, 3.63) is 45.1 Å². The van der Waals surface area contributed by atoms with Gasteiger partial charge in [0.1, 0.15) is 0 Å². The summed E-state index contributed by atoms with van der Waals surface area (Å²) >= 11 is 7.63. The molecule has 1 N–H and O–H groups in total. The van der Waals surface area contributed by atoms with E-state index in [1.807, 2.05) is 24.3 Å². The number of hydrogen-bond donors (Lipinski definition) is 1. The number of amides is 1. The van der Waals surface area contributed by atoms with E-state index in [-0.39, 0.29) is 5.91 Å². The first-order chi connectivity index (χ1) is 13.6. The molecule has 3 rings (SSSR count). The summed E-state index contributed by atoms with van der Waals surface area (Å²) < 4.78 is 11.4. The topological polar surface area (TPSA) is 54.0 Å². The second-order valence-electron chi connectivity index (χ2n) is 6.72. The number of methoxy groups -OCH3 is 2. The SMILES string of the molecule is COc1ccc(CNC(=O)CN2CCN(Cc3ccc(Cl)s3)CC2)cc1OC. The number of piperazine rings is 1. The van der Waals surface area contributed by atoms with Gasteiger partial charge >= 0.3 is 0 Å². The predicted octanol–water partition coefficient (Wildman–Crippen LogP) is 2.85. The molecule has 0 atom stereocenters. The summed E-state index contributed by atoms with van der Waals surface area (Å²) in [5.74, 6) is 1.38. The molecule has 8 heteroatoms. The summed E-state index contributed by atoms with van der Waals surface area (Å²) in [6, 6.07) is 9.69. The maximum absolute atomic E-state index is 12.3. The fraction of sp³-hybridized carbons (Fsp3) is 0.450. The van der Waals surface area contributed by atoms with Crippen molar-refractivity contribution in [1.29, 1.82) is 0 Å². The van der Waals surface area contributed by atoms with Gasteiger partial charge < -0.3 is 14.8 Å². The average Bonchev–Trinajstić information content (AvgIpc) is 3.12. The fourth-order valence-corrected chi connectivity index (χ4v) is 4.34. The first kappa shape index (κ1) is 20.9. The number of benzene rings is 1. The standard InChI is InChI=1S/C20H26ClN3O3S/c1-26-17-5-3-15(11-18(17)27-2)12-22-20(25)14-24-9-7-23(8-10-24)13-16-4-6-19(21)28-16/h3-6,11H,7-10,12-14H2,1-2H3,(H,22,25). The van der Waals surface area contributed by atoms with Crippen LogP contribution in [0.3, 0.4) is 0 Å². The minimum absolute atomic E-state index is 0.0354. The van der Waals surface area contributed by atoms with Gasteiger partial charge in [0.15, 0.2) is 11.5 Å². The average molecular weight is 424 g/mol. The van der Waals surface area contributed by atoms with Gasteiger partial charge in [-0.2, -0.15) is 0 Å². The summed E-state index contributed by atoms with van der Waals surface area (Å²) in [6.45, 7) is 5.52. The molecule has 0 unspecified atom stereocenters. The van der Waals surface area contributed by atoms with E-state index in [1.165, 1.54) is 4.88 Å². The Balaban J connectivity index is 1.40. The van der Waals surface area contributed by atoms with Crippen LogP contribution < -0.4 is 14.8 Å². The van der Waals surface area contributed by atoms with Crippen LogP contribution in [0, 0.1) is 0 Å². The number of rotatable bonds is 8. The first-order valence-electron chi connectivity index (χ1n) is 9.24. The molecule has 1 aromatic carbocycles. The van der Waals surface area contributed by atoms with E-state index in [9.17, 15) is 4.79 Å². The summed E-state index contributed by atoms with van der Waals surface area (Å²) in [6.07, 6.45) is 0. The number of carbonyl (C=O) groups is 1. The van der Waals surface area contributed by atoms with E-state index >= 15 is 0 Å². The van der Waals surface area contributed by atoms with E-state index in [2.05, 4.69) is 21.2 Å². The molecule has 0 aliphatic carbocycles. The van der Waals surface area contributed by atoms with Gasteiger partial charge in [0.25, 0.3) is 0 Å². The third-order valence-electron chi connectivity index (χ3n) is 4.78. The Hall–Kier alpha value is -1.80. The maximum Gasteiger partial charge on any atom is 0.234 e. The zero-order valence-electron chi connectivity index (χ0n) is 16.2. The molecule has 1 aromatic heterocycles. The van der Waals surface area contributed by atoms with Gasteiger partial charge in [-0.15, -0.1) is 11.3 Å². The van der Waals surface area contributed by atoms with Crippen LogP contribution in [0.5, 0.6) is 11.5 Å². The molecule has 1 amide bonds. The van der Waals surface area contributed by atoms with Crippen molar-refractivity contribution in [2.24, 2.45) is 0 Å². The Morgan fingerprint density at radius 2 is 1.79 bits per heavy atom. The minimum Gasteiger partial charge on any atom is -0.493 e. The number of ether oxygens (including phenoxy) is 2. The smallest absolute Gasteiger partial charge is 0.234 e. The molecule has 2 heterocycles. The summed E-state index contributed by atoms with van der Waals surface area (Å²) in [7, 11) is 3.21. The highest BCUT2D eigenvalue weighted by molar-refractivity contribution is 7.16. The zero-order chi connectivity index (χ0) is 19.9. The van der Waals surface area contributed by atoms with Crippen LogP contribution in [-0.4, -0.2) is 62.7 Å². The highest BCUT2D eigenvalue weighted by atomic mass is 35.5. The van der Waals surface area contributed by atoms with Crippen molar-refractivity contribution in [2.45, 2.75) is 13.1 Å². The Bertz CT molecular complexity index is 791. The quantitative estimate of drug-likeness (QED) is 0.707. The monoisotopic (exact) mass is 423 g/mol. The summed E-state index contributed by atoms with van der Waals surface area (Å²) in [5, 5.41) is 2.99. The largest absolute Gasteiger partial charge is 0.493 e. The molecule has 0 radical (unpaired) electrons. The van der Waals surface area contributed by atoms with Gasteiger partial charge in [0.05, 0.1) is 25.1 Å². The van der Waals surface area contributed by atoms with Crippen LogP contribution >= 0.6 is 22.9 Å². The lowest BCUT2D eigenvalue weighted by Crippen LogP contribution is -2.48. The lowest BCUT2D eigenvalue weighted by molar-refractivity contribution is -0.122. The first-order valence-corrected chi connectivity index (χ1v) is 10.4. The lowest BCUT2D eigenvalue weighted by Gasteiger charge is -2.34. The van der Waals surface area contributed by atoms with Crippen LogP contribution in [0.1, 0.15) is 10.4 Å². The molecule has 1 aliphatic heterocycles. The van der Waals surface area contributed by atoms with E-state index in [0.717, 1.165) is 42.6 Å². The third kappa shape index (κ3) is 5.85. The molecule has 0 saturated carbocycles. The van der Waals surface area contributed by atoms with Gasteiger partial charge in [0.2, 0.25) is 5.91 Å². The van der Waals surface area contributed by atoms with Gasteiger partial charge in [-0.3, -0.25) is 14.6 Å². The molecular formula is C20H26ClN3O3S. The van der Waals surface area contributed by atoms with E-state index in [0.29, 0.717) is 24.6 Å². The predicted molar refractivity (Wildman–Crippen MR) is 112 cm³/mol. The fourth-order valence-electron chi connectivity index (χ4n) is 3.21. The van der Waals surface area contributed by atoms with Crippen LogP contribution in [-0.2, 0) is 17.9 Å². The molecular weight excluding hydrogens is 398 g/mol. The van der Waals surface area contributed by atoms with Crippen molar-refractivity contribution < 1.29 is 14.3 Å². The number of thiophene rings is 1. The normalized spacial score (nSPS) is 15.4. The second-order valence-corrected chi connectivity index (χ2v) is 8.52. The highest BCUT2D eigenvalue weighted by Gasteiger charge is 2.19. The maximum atomic E-state index is 12.3. The molecule has 28 heavy (non-hydrogen) atoms. The van der Waals surface area contributed by atoms with Crippen molar-refractivity contribution in [3.63, 3.8) is 0 Å². The lowest BCUT2D eigenvalue weighted by atomic mass is 10.2. The van der Waals surface area contributed by atoms with Gasteiger partial charge in [-0.1, -0.05) is 17.7 Å². The minimum atomic E-state index is 0.0354. The zero-order valence-corrected chi connectivity index (χ0v) is 17.8. The number of nitrogens with one attached hydrogen (secondary N) is 1. The number of nitrogens with zero attached hydrogens (tertiary/aromatic N) is 2.